The molecule has 4 saturated carbocycles. The first-order chi connectivity index (χ1) is 13.4. The summed E-state index contributed by atoms with van der Waals surface area (Å²) in [6, 6.07) is 7.35. The van der Waals surface area contributed by atoms with Crippen molar-refractivity contribution in [1.82, 2.24) is 10.6 Å². The first-order valence-electron chi connectivity index (χ1n) is 9.74. The number of benzene rings is 1. The zero-order valence-corrected chi connectivity index (χ0v) is 15.6. The number of hydrogen-bond donors (Lipinski definition) is 2. The van der Waals surface area contributed by atoms with E-state index in [1.807, 2.05) is 6.07 Å². The molecule has 4 fully saturated rings. The summed E-state index contributed by atoms with van der Waals surface area (Å²) in [5.41, 5.74) is 0.485. The maximum absolute atomic E-state index is 12.3. The Morgan fingerprint density at radius 3 is 2.14 bits per heavy atom. The molecule has 0 aromatic heterocycles. The van der Waals surface area contributed by atoms with Crippen molar-refractivity contribution in [2.75, 3.05) is 6.61 Å². The number of ether oxygens (including phenoxy) is 1. The number of esters is 1. The first kappa shape index (κ1) is 18.5. The maximum atomic E-state index is 12.3. The summed E-state index contributed by atoms with van der Waals surface area (Å²) < 4.78 is 4.94. The van der Waals surface area contributed by atoms with E-state index in [0.29, 0.717) is 23.3 Å². The van der Waals surface area contributed by atoms with Crippen LogP contribution in [0.2, 0.25) is 0 Å². The monoisotopic (exact) mass is 381 g/mol. The summed E-state index contributed by atoms with van der Waals surface area (Å²) in [7, 11) is 0. The number of amides is 3. The lowest BCUT2D eigenvalue weighted by Crippen LogP contribution is -2.62. The summed E-state index contributed by atoms with van der Waals surface area (Å²) in [6.45, 7) is -0.535. The van der Waals surface area contributed by atoms with Crippen molar-refractivity contribution < 1.29 is 19.1 Å². The highest BCUT2D eigenvalue weighted by molar-refractivity contribution is 5.97. The van der Waals surface area contributed by atoms with E-state index < -0.39 is 24.5 Å². The Hall–Kier alpha value is -2.88. The largest absolute Gasteiger partial charge is 0.452 e. The van der Waals surface area contributed by atoms with Crippen LogP contribution in [-0.4, -0.2) is 30.1 Å². The van der Waals surface area contributed by atoms with Gasteiger partial charge in [0, 0.05) is 5.54 Å². The summed E-state index contributed by atoms with van der Waals surface area (Å²) >= 11 is 0. The lowest BCUT2D eigenvalue weighted by Gasteiger charge is -2.56. The summed E-state index contributed by atoms with van der Waals surface area (Å²) in [5, 5.41) is 14.1. The molecule has 7 nitrogen and oxygen atoms in total. The highest BCUT2D eigenvalue weighted by atomic mass is 16.5. The predicted molar refractivity (Wildman–Crippen MR) is 99.0 cm³/mol. The van der Waals surface area contributed by atoms with Crippen molar-refractivity contribution in [2.24, 2.45) is 17.8 Å². The minimum absolute atomic E-state index is 0.182. The average molecular weight is 381 g/mol. The van der Waals surface area contributed by atoms with Crippen LogP contribution in [-0.2, 0) is 9.53 Å². The molecule has 28 heavy (non-hydrogen) atoms. The molecule has 0 spiro atoms. The number of imide groups is 1. The molecule has 0 heterocycles. The van der Waals surface area contributed by atoms with Crippen LogP contribution in [0.25, 0.3) is 0 Å². The van der Waals surface area contributed by atoms with Gasteiger partial charge in [0.05, 0.1) is 17.2 Å². The topological polar surface area (TPSA) is 108 Å². The van der Waals surface area contributed by atoms with E-state index in [0.717, 1.165) is 19.3 Å². The molecule has 0 atom stereocenters. The summed E-state index contributed by atoms with van der Waals surface area (Å²) in [4.78, 5) is 36.2. The Balaban J connectivity index is 1.25. The fourth-order valence-electron chi connectivity index (χ4n) is 5.59. The van der Waals surface area contributed by atoms with Crippen molar-refractivity contribution in [1.29, 1.82) is 5.26 Å². The molecule has 5 rings (SSSR count). The molecule has 4 aliphatic rings. The van der Waals surface area contributed by atoms with E-state index in [1.165, 1.54) is 43.5 Å². The van der Waals surface area contributed by atoms with Crippen molar-refractivity contribution in [3.8, 4) is 6.07 Å². The van der Waals surface area contributed by atoms with Crippen molar-refractivity contribution in [3.05, 3.63) is 35.4 Å². The van der Waals surface area contributed by atoms with Gasteiger partial charge in [-0.1, -0.05) is 0 Å². The number of nitriles is 1. The van der Waals surface area contributed by atoms with Gasteiger partial charge in [0.25, 0.3) is 5.91 Å². The van der Waals surface area contributed by atoms with Gasteiger partial charge in [-0.2, -0.15) is 5.26 Å². The molecule has 1 aromatic carbocycles. The van der Waals surface area contributed by atoms with Gasteiger partial charge >= 0.3 is 12.0 Å². The molecule has 4 aliphatic carbocycles. The second-order valence-corrected chi connectivity index (χ2v) is 8.47. The number of urea groups is 1. The number of nitrogens with zero attached hydrogens (tertiary/aromatic N) is 1. The third kappa shape index (κ3) is 3.86. The number of nitrogens with one attached hydrogen (secondary N) is 2. The van der Waals surface area contributed by atoms with Gasteiger partial charge in [-0.15, -0.1) is 0 Å². The smallest absolute Gasteiger partial charge is 0.338 e. The number of carbonyl (C=O) groups excluding carboxylic acids is 3. The van der Waals surface area contributed by atoms with Crippen molar-refractivity contribution >= 4 is 17.9 Å². The Morgan fingerprint density at radius 2 is 1.61 bits per heavy atom. The quantitative estimate of drug-likeness (QED) is 0.779. The SMILES string of the molecule is N#Cc1ccc(C(=O)OCC(=O)NC(=O)NC23CC4CC(CC(C4)C2)C3)cc1. The second-order valence-electron chi connectivity index (χ2n) is 8.47. The minimum Gasteiger partial charge on any atom is -0.452 e. The summed E-state index contributed by atoms with van der Waals surface area (Å²) in [6.07, 6.45) is 6.79. The molecule has 7 heteroatoms. The van der Waals surface area contributed by atoms with Crippen LogP contribution in [0.5, 0.6) is 0 Å². The molecule has 4 bridgehead atoms. The first-order valence-corrected chi connectivity index (χ1v) is 9.74. The van der Waals surface area contributed by atoms with Gasteiger partial charge in [0.2, 0.25) is 0 Å². The Labute approximate surface area is 163 Å². The number of hydrogen-bond acceptors (Lipinski definition) is 5. The third-order valence-corrected chi connectivity index (χ3v) is 6.25. The van der Waals surface area contributed by atoms with Crippen molar-refractivity contribution in [3.63, 3.8) is 0 Å². The second kappa shape index (κ2) is 7.27. The van der Waals surface area contributed by atoms with E-state index in [9.17, 15) is 14.4 Å². The summed E-state index contributed by atoms with van der Waals surface area (Å²) in [5.74, 6) is 0.729. The average Bonchev–Trinajstić information content (AvgIpc) is 2.64. The molecule has 2 N–H and O–H groups in total. The van der Waals surface area contributed by atoms with Gasteiger partial charge < -0.3 is 10.1 Å². The zero-order valence-electron chi connectivity index (χ0n) is 15.6. The van der Waals surface area contributed by atoms with Gasteiger partial charge in [0.15, 0.2) is 6.61 Å². The molecular formula is C21H23N3O4. The molecule has 3 amide bonds. The molecule has 146 valence electrons. The fourth-order valence-corrected chi connectivity index (χ4v) is 5.59. The maximum Gasteiger partial charge on any atom is 0.338 e. The van der Waals surface area contributed by atoms with Crippen molar-refractivity contribution in [2.45, 2.75) is 44.1 Å². The predicted octanol–water partition coefficient (Wildman–Crippen LogP) is 2.51. The van der Waals surface area contributed by atoms with Crippen LogP contribution in [0, 0.1) is 29.1 Å². The normalized spacial score (nSPS) is 29.6. The van der Waals surface area contributed by atoms with Crippen LogP contribution < -0.4 is 10.6 Å². The van der Waals surface area contributed by atoms with Crippen LogP contribution in [0.15, 0.2) is 24.3 Å². The zero-order chi connectivity index (χ0) is 19.7. The van der Waals surface area contributed by atoms with E-state index in [2.05, 4.69) is 10.6 Å². The molecule has 0 aliphatic heterocycles. The molecule has 1 aromatic rings. The Kier molecular flexibility index (Phi) is 4.80. The van der Waals surface area contributed by atoms with Crippen LogP contribution in [0.4, 0.5) is 4.79 Å². The number of rotatable bonds is 4. The van der Waals surface area contributed by atoms with Crippen LogP contribution in [0.1, 0.15) is 54.4 Å². The van der Waals surface area contributed by atoms with Crippen LogP contribution >= 0.6 is 0 Å². The van der Waals surface area contributed by atoms with E-state index in [-0.39, 0.29) is 11.1 Å². The van der Waals surface area contributed by atoms with Crippen LogP contribution in [0.3, 0.4) is 0 Å². The molecule has 0 saturated heterocycles. The molecule has 0 unspecified atom stereocenters. The van der Waals surface area contributed by atoms with E-state index in [4.69, 9.17) is 10.00 Å². The van der Waals surface area contributed by atoms with Gasteiger partial charge in [0.1, 0.15) is 0 Å². The van der Waals surface area contributed by atoms with E-state index in [1.54, 1.807) is 0 Å². The fraction of sp³-hybridized carbons (Fsp3) is 0.524. The lowest BCUT2D eigenvalue weighted by molar-refractivity contribution is -0.123. The Bertz CT molecular complexity index is 805. The minimum atomic E-state index is -0.680. The Morgan fingerprint density at radius 1 is 1.04 bits per heavy atom. The molecule has 0 radical (unpaired) electrons. The lowest BCUT2D eigenvalue weighted by atomic mass is 9.53. The third-order valence-electron chi connectivity index (χ3n) is 6.25. The highest BCUT2D eigenvalue weighted by Crippen LogP contribution is 2.55. The van der Waals surface area contributed by atoms with E-state index >= 15 is 0 Å². The molecular weight excluding hydrogens is 358 g/mol. The van der Waals surface area contributed by atoms with Gasteiger partial charge in [-0.3, -0.25) is 10.1 Å². The van der Waals surface area contributed by atoms with Gasteiger partial charge in [-0.25, -0.2) is 9.59 Å². The highest BCUT2D eigenvalue weighted by Gasteiger charge is 2.51. The standard InChI is InChI=1S/C21H23N3O4/c22-11-13-1-3-17(4-2-13)19(26)28-12-18(25)23-20(27)24-21-8-14-5-15(9-21)7-16(6-14)10-21/h1-4,14-16H,5-10,12H2,(H2,23,24,25,27). The van der Waals surface area contributed by atoms with Gasteiger partial charge in [-0.05, 0) is 80.5 Å². The number of carbonyl (C=O) groups is 3.